The maximum Gasteiger partial charge on any atom is 0.191 e. The number of fused-ring (bicyclic) bond motifs is 1. The summed E-state index contributed by atoms with van der Waals surface area (Å²) in [6, 6.07) is 0. The predicted molar refractivity (Wildman–Crippen MR) is 79.5 cm³/mol. The molecule has 1 aromatic heterocycles. The van der Waals surface area contributed by atoms with Crippen LogP contribution < -0.4 is 10.6 Å². The van der Waals surface area contributed by atoms with Crippen molar-refractivity contribution in [3.8, 4) is 12.3 Å². The lowest BCUT2D eigenvalue weighted by molar-refractivity contribution is 0.600. The monoisotopic (exact) mass is 274 g/mol. The Morgan fingerprint density at radius 3 is 3.05 bits per heavy atom. The van der Waals surface area contributed by atoms with Crippen LogP contribution in [0.3, 0.4) is 0 Å². The summed E-state index contributed by atoms with van der Waals surface area (Å²) < 4.78 is 2.27. The molecule has 20 heavy (non-hydrogen) atoms. The molecular formula is C14H22N6. The minimum Gasteiger partial charge on any atom is -0.356 e. The van der Waals surface area contributed by atoms with Gasteiger partial charge in [0, 0.05) is 33.0 Å². The van der Waals surface area contributed by atoms with E-state index in [9.17, 15) is 0 Å². The third-order valence-corrected chi connectivity index (χ3v) is 3.41. The number of nitrogens with zero attached hydrogens (tertiary/aromatic N) is 4. The lowest BCUT2D eigenvalue weighted by Gasteiger charge is -2.10. The van der Waals surface area contributed by atoms with Gasteiger partial charge in [0.2, 0.25) is 0 Å². The van der Waals surface area contributed by atoms with Crippen molar-refractivity contribution in [2.75, 3.05) is 20.1 Å². The lowest BCUT2D eigenvalue weighted by atomic mass is 10.2. The first-order chi connectivity index (χ1) is 9.85. The fourth-order valence-corrected chi connectivity index (χ4v) is 2.38. The van der Waals surface area contributed by atoms with Crippen LogP contribution in [0.1, 0.15) is 30.9 Å². The van der Waals surface area contributed by atoms with Crippen molar-refractivity contribution in [3.63, 3.8) is 0 Å². The van der Waals surface area contributed by atoms with Crippen molar-refractivity contribution in [1.82, 2.24) is 25.4 Å². The van der Waals surface area contributed by atoms with Crippen LogP contribution in [0, 0.1) is 12.3 Å². The van der Waals surface area contributed by atoms with Gasteiger partial charge in [-0.05, 0) is 12.8 Å². The molecule has 2 rings (SSSR count). The Morgan fingerprint density at radius 1 is 1.35 bits per heavy atom. The number of terminal acetylenes is 1. The Kier molecular flexibility index (Phi) is 5.42. The Bertz CT molecular complexity index is 496. The van der Waals surface area contributed by atoms with Gasteiger partial charge in [0.25, 0.3) is 0 Å². The molecule has 0 aliphatic carbocycles. The summed E-state index contributed by atoms with van der Waals surface area (Å²) in [5, 5.41) is 14.9. The molecule has 6 heteroatoms. The van der Waals surface area contributed by atoms with E-state index in [0.717, 1.165) is 43.5 Å². The van der Waals surface area contributed by atoms with Crippen molar-refractivity contribution in [1.29, 1.82) is 0 Å². The first-order valence-corrected chi connectivity index (χ1v) is 7.14. The second kappa shape index (κ2) is 7.53. The Hall–Kier alpha value is -2.03. The van der Waals surface area contributed by atoms with Crippen LogP contribution in [0.5, 0.6) is 0 Å². The van der Waals surface area contributed by atoms with E-state index in [1.165, 1.54) is 19.3 Å². The van der Waals surface area contributed by atoms with Crippen molar-refractivity contribution in [2.45, 2.75) is 38.6 Å². The standard InChI is InChI=1S/C14H22N6/c1-3-9-16-14(15-2)17-10-8-13-19-18-12-7-5-4-6-11-20(12)13/h1H,4-11H2,2H3,(H2,15,16,17). The maximum absolute atomic E-state index is 5.21. The second-order valence-corrected chi connectivity index (χ2v) is 4.80. The van der Waals surface area contributed by atoms with E-state index >= 15 is 0 Å². The summed E-state index contributed by atoms with van der Waals surface area (Å²) in [6.45, 7) is 2.28. The Labute approximate surface area is 120 Å². The number of guanidine groups is 1. The zero-order chi connectivity index (χ0) is 14.2. The minimum atomic E-state index is 0.472. The van der Waals surface area contributed by atoms with Gasteiger partial charge < -0.3 is 15.2 Å². The summed E-state index contributed by atoms with van der Waals surface area (Å²) in [5.41, 5.74) is 0. The summed E-state index contributed by atoms with van der Waals surface area (Å²) >= 11 is 0. The molecular weight excluding hydrogens is 252 g/mol. The molecule has 1 aliphatic heterocycles. The summed E-state index contributed by atoms with van der Waals surface area (Å²) in [6.07, 6.45) is 10.8. The van der Waals surface area contributed by atoms with Crippen molar-refractivity contribution in [3.05, 3.63) is 11.6 Å². The molecule has 0 saturated carbocycles. The van der Waals surface area contributed by atoms with Crippen LogP contribution in [0.15, 0.2) is 4.99 Å². The smallest absolute Gasteiger partial charge is 0.191 e. The van der Waals surface area contributed by atoms with E-state index in [-0.39, 0.29) is 0 Å². The topological polar surface area (TPSA) is 67.1 Å². The molecule has 2 heterocycles. The number of aryl methyl sites for hydroxylation is 1. The van der Waals surface area contributed by atoms with Gasteiger partial charge in [0.15, 0.2) is 5.96 Å². The van der Waals surface area contributed by atoms with Crippen molar-refractivity contribution in [2.24, 2.45) is 4.99 Å². The van der Waals surface area contributed by atoms with E-state index in [2.05, 4.69) is 36.3 Å². The van der Waals surface area contributed by atoms with Crippen LogP contribution in [0.2, 0.25) is 0 Å². The first-order valence-electron chi connectivity index (χ1n) is 7.14. The summed E-state index contributed by atoms with van der Waals surface area (Å²) in [5.74, 6) is 5.44. The van der Waals surface area contributed by atoms with Crippen LogP contribution >= 0.6 is 0 Å². The summed E-state index contributed by atoms with van der Waals surface area (Å²) in [7, 11) is 1.73. The highest BCUT2D eigenvalue weighted by Crippen LogP contribution is 2.14. The summed E-state index contributed by atoms with van der Waals surface area (Å²) in [4.78, 5) is 4.10. The molecule has 0 unspecified atom stereocenters. The molecule has 1 aliphatic rings. The zero-order valence-corrected chi connectivity index (χ0v) is 12.0. The van der Waals surface area contributed by atoms with Gasteiger partial charge in [-0.15, -0.1) is 16.6 Å². The molecule has 108 valence electrons. The number of aliphatic imine (C=N–C) groups is 1. The van der Waals surface area contributed by atoms with E-state index in [1.807, 2.05) is 0 Å². The van der Waals surface area contributed by atoms with E-state index in [4.69, 9.17) is 6.42 Å². The lowest BCUT2D eigenvalue weighted by Crippen LogP contribution is -2.38. The molecule has 6 nitrogen and oxygen atoms in total. The predicted octanol–water partition coefficient (Wildman–Crippen LogP) is 0.345. The van der Waals surface area contributed by atoms with Crippen molar-refractivity contribution >= 4 is 5.96 Å². The number of hydrogen-bond acceptors (Lipinski definition) is 3. The third-order valence-electron chi connectivity index (χ3n) is 3.41. The van der Waals surface area contributed by atoms with Gasteiger partial charge in [-0.1, -0.05) is 12.3 Å². The molecule has 0 atom stereocenters. The number of nitrogens with one attached hydrogen (secondary N) is 2. The normalized spacial score (nSPS) is 15.1. The third kappa shape index (κ3) is 3.73. The molecule has 0 spiro atoms. The molecule has 0 fully saturated rings. The fourth-order valence-electron chi connectivity index (χ4n) is 2.38. The second-order valence-electron chi connectivity index (χ2n) is 4.80. The number of rotatable bonds is 4. The van der Waals surface area contributed by atoms with Gasteiger partial charge in [-0.3, -0.25) is 4.99 Å². The quantitative estimate of drug-likeness (QED) is 0.472. The van der Waals surface area contributed by atoms with Gasteiger partial charge in [0.05, 0.1) is 6.54 Å². The van der Waals surface area contributed by atoms with Crippen LogP contribution in [-0.4, -0.2) is 40.9 Å². The molecule has 0 bridgehead atoms. The van der Waals surface area contributed by atoms with E-state index in [1.54, 1.807) is 7.05 Å². The molecule has 0 radical (unpaired) electrons. The Morgan fingerprint density at radius 2 is 2.25 bits per heavy atom. The first kappa shape index (κ1) is 14.4. The van der Waals surface area contributed by atoms with Crippen LogP contribution in [-0.2, 0) is 19.4 Å². The minimum absolute atomic E-state index is 0.472. The van der Waals surface area contributed by atoms with Crippen LogP contribution in [0.25, 0.3) is 0 Å². The van der Waals surface area contributed by atoms with E-state index < -0.39 is 0 Å². The van der Waals surface area contributed by atoms with Crippen LogP contribution in [0.4, 0.5) is 0 Å². The molecule has 0 saturated heterocycles. The number of hydrogen-bond donors (Lipinski definition) is 2. The number of aromatic nitrogens is 3. The average molecular weight is 274 g/mol. The zero-order valence-electron chi connectivity index (χ0n) is 12.0. The Balaban J connectivity index is 1.85. The van der Waals surface area contributed by atoms with E-state index in [0.29, 0.717) is 6.54 Å². The molecule has 2 N–H and O–H groups in total. The van der Waals surface area contributed by atoms with Crippen molar-refractivity contribution < 1.29 is 0 Å². The SMILES string of the molecule is C#CCNC(=NC)NCCc1nnc2n1CCCCC2. The molecule has 1 aromatic rings. The highest BCUT2D eigenvalue weighted by Gasteiger charge is 2.14. The maximum atomic E-state index is 5.21. The van der Waals surface area contributed by atoms with Gasteiger partial charge >= 0.3 is 0 Å². The van der Waals surface area contributed by atoms with Gasteiger partial charge in [-0.2, -0.15) is 0 Å². The van der Waals surface area contributed by atoms with Gasteiger partial charge in [0.1, 0.15) is 11.6 Å². The largest absolute Gasteiger partial charge is 0.356 e. The molecule has 0 amide bonds. The highest BCUT2D eigenvalue weighted by atomic mass is 15.3. The highest BCUT2D eigenvalue weighted by molar-refractivity contribution is 5.79. The fraction of sp³-hybridized carbons (Fsp3) is 0.643. The average Bonchev–Trinajstić information content (AvgIpc) is 2.70. The van der Waals surface area contributed by atoms with Gasteiger partial charge in [-0.25, -0.2) is 0 Å². The molecule has 0 aromatic carbocycles.